The molecule has 2 nitrogen and oxygen atoms in total. The van der Waals surface area contributed by atoms with Crippen molar-refractivity contribution < 1.29 is 4.74 Å². The topological polar surface area (TPSA) is 35.2 Å². The molecule has 98 valence electrons. The van der Waals surface area contributed by atoms with Gasteiger partial charge in [0.1, 0.15) is 5.75 Å². The Hall–Kier alpha value is -0.540. The highest BCUT2D eigenvalue weighted by Crippen LogP contribution is 2.44. The molecule has 2 aliphatic carbocycles. The molecule has 2 aliphatic rings. The quantitative estimate of drug-likeness (QED) is 0.901. The minimum Gasteiger partial charge on any atom is -0.492 e. The zero-order valence-corrected chi connectivity index (χ0v) is 12.2. The van der Waals surface area contributed by atoms with Gasteiger partial charge in [0.2, 0.25) is 0 Å². The number of nitrogens with two attached hydrogens (primary N) is 1. The molecule has 0 atom stereocenters. The monoisotopic (exact) mass is 309 g/mol. The van der Waals surface area contributed by atoms with Crippen molar-refractivity contribution in [1.29, 1.82) is 0 Å². The van der Waals surface area contributed by atoms with E-state index in [1.807, 2.05) is 0 Å². The molecule has 0 unspecified atom stereocenters. The van der Waals surface area contributed by atoms with Gasteiger partial charge in [-0.1, -0.05) is 12.5 Å². The van der Waals surface area contributed by atoms with E-state index in [4.69, 9.17) is 10.5 Å². The van der Waals surface area contributed by atoms with Crippen LogP contribution in [-0.4, -0.2) is 13.2 Å². The van der Waals surface area contributed by atoms with Crippen LogP contribution in [0.15, 0.2) is 22.7 Å². The summed E-state index contributed by atoms with van der Waals surface area (Å²) < 4.78 is 6.98. The molecule has 1 aromatic rings. The van der Waals surface area contributed by atoms with Crippen LogP contribution < -0.4 is 10.5 Å². The van der Waals surface area contributed by atoms with E-state index in [9.17, 15) is 0 Å². The first-order valence-electron chi connectivity index (χ1n) is 6.86. The highest BCUT2D eigenvalue weighted by atomic mass is 79.9. The van der Waals surface area contributed by atoms with E-state index in [2.05, 4.69) is 34.1 Å². The maximum Gasteiger partial charge on any atom is 0.133 e. The largest absolute Gasteiger partial charge is 0.492 e. The number of benzene rings is 1. The lowest BCUT2D eigenvalue weighted by molar-refractivity contribution is 0.250. The maximum absolute atomic E-state index is 5.97. The van der Waals surface area contributed by atoms with Crippen LogP contribution in [0.4, 0.5) is 0 Å². The molecular weight excluding hydrogens is 290 g/mol. The van der Waals surface area contributed by atoms with Gasteiger partial charge >= 0.3 is 0 Å². The van der Waals surface area contributed by atoms with Crippen molar-refractivity contribution >= 4 is 15.9 Å². The third kappa shape index (κ3) is 2.30. The first kappa shape index (κ1) is 12.5. The summed E-state index contributed by atoms with van der Waals surface area (Å²) in [4.78, 5) is 0. The normalized spacial score (nSPS) is 21.4. The van der Waals surface area contributed by atoms with Crippen LogP contribution in [0.25, 0.3) is 0 Å². The van der Waals surface area contributed by atoms with Crippen LogP contribution in [-0.2, 0) is 5.41 Å². The predicted octanol–water partition coefficient (Wildman–Crippen LogP) is 3.62. The smallest absolute Gasteiger partial charge is 0.133 e. The third-order valence-corrected chi connectivity index (χ3v) is 5.07. The van der Waals surface area contributed by atoms with E-state index in [0.717, 1.165) is 29.3 Å². The molecule has 0 radical (unpaired) electrons. The lowest BCUT2D eigenvalue weighted by atomic mass is 9.64. The molecule has 0 spiro atoms. The second kappa shape index (κ2) is 4.86. The van der Waals surface area contributed by atoms with Gasteiger partial charge in [-0.25, -0.2) is 0 Å². The van der Waals surface area contributed by atoms with Crippen molar-refractivity contribution in [2.75, 3.05) is 13.2 Å². The predicted molar refractivity (Wildman–Crippen MR) is 76.9 cm³/mol. The molecule has 0 saturated heterocycles. The van der Waals surface area contributed by atoms with E-state index in [0.29, 0.717) is 0 Å². The first-order chi connectivity index (χ1) is 8.73. The number of hydrogen-bond donors (Lipinski definition) is 1. The van der Waals surface area contributed by atoms with Gasteiger partial charge in [-0.05, 0) is 65.2 Å². The number of halogens is 1. The van der Waals surface area contributed by atoms with E-state index < -0.39 is 0 Å². The lowest BCUT2D eigenvalue weighted by Gasteiger charge is -2.41. The molecular formula is C15H20BrNO. The molecule has 0 bridgehead atoms. The van der Waals surface area contributed by atoms with Gasteiger partial charge in [0.15, 0.2) is 0 Å². The SMILES string of the molecule is NCC1(c2ccc(Br)c(OCC3CC3)c2)CCC1. The Labute approximate surface area is 117 Å². The molecule has 0 heterocycles. The third-order valence-electron chi connectivity index (χ3n) is 4.42. The standard InChI is InChI=1S/C15H20BrNO/c16-13-5-4-12(15(10-17)6-1-7-15)8-14(13)18-9-11-2-3-11/h4-5,8,11H,1-3,6-7,9-10,17H2. The van der Waals surface area contributed by atoms with Crippen molar-refractivity contribution in [2.24, 2.45) is 11.7 Å². The molecule has 18 heavy (non-hydrogen) atoms. The van der Waals surface area contributed by atoms with Crippen LogP contribution >= 0.6 is 15.9 Å². The molecule has 2 saturated carbocycles. The summed E-state index contributed by atoms with van der Waals surface area (Å²) in [7, 11) is 0. The van der Waals surface area contributed by atoms with Crippen LogP contribution in [0, 0.1) is 5.92 Å². The van der Waals surface area contributed by atoms with Crippen LogP contribution in [0.5, 0.6) is 5.75 Å². The summed E-state index contributed by atoms with van der Waals surface area (Å²) in [6.07, 6.45) is 6.38. The number of ether oxygens (including phenoxy) is 1. The average Bonchev–Trinajstić information content (AvgIpc) is 3.12. The van der Waals surface area contributed by atoms with Crippen molar-refractivity contribution in [2.45, 2.75) is 37.5 Å². The first-order valence-corrected chi connectivity index (χ1v) is 7.66. The molecule has 2 fully saturated rings. The summed E-state index contributed by atoms with van der Waals surface area (Å²) >= 11 is 3.57. The zero-order chi connectivity index (χ0) is 12.6. The van der Waals surface area contributed by atoms with Gasteiger partial charge in [-0.3, -0.25) is 0 Å². The fourth-order valence-corrected chi connectivity index (χ4v) is 3.01. The maximum atomic E-state index is 5.97. The second-order valence-corrected chi connectivity index (χ2v) is 6.59. The van der Waals surface area contributed by atoms with E-state index in [-0.39, 0.29) is 5.41 Å². The van der Waals surface area contributed by atoms with Crippen molar-refractivity contribution in [3.05, 3.63) is 28.2 Å². The summed E-state index contributed by atoms with van der Waals surface area (Å²) in [6, 6.07) is 6.49. The molecule has 0 amide bonds. The van der Waals surface area contributed by atoms with Crippen molar-refractivity contribution in [3.63, 3.8) is 0 Å². The summed E-state index contributed by atoms with van der Waals surface area (Å²) in [5, 5.41) is 0. The molecule has 3 rings (SSSR count). The Morgan fingerprint density at radius 3 is 2.67 bits per heavy atom. The Bertz CT molecular complexity index is 433. The zero-order valence-electron chi connectivity index (χ0n) is 10.6. The Balaban J connectivity index is 1.80. The highest BCUT2D eigenvalue weighted by Gasteiger charge is 2.37. The summed E-state index contributed by atoms with van der Waals surface area (Å²) in [6.45, 7) is 1.61. The summed E-state index contributed by atoms with van der Waals surface area (Å²) in [5.41, 5.74) is 7.54. The average molecular weight is 310 g/mol. The van der Waals surface area contributed by atoms with E-state index >= 15 is 0 Å². The summed E-state index contributed by atoms with van der Waals surface area (Å²) in [5.74, 6) is 1.77. The van der Waals surface area contributed by atoms with Gasteiger partial charge in [-0.2, -0.15) is 0 Å². The molecule has 3 heteroatoms. The van der Waals surface area contributed by atoms with Gasteiger partial charge < -0.3 is 10.5 Å². The van der Waals surface area contributed by atoms with E-state index in [1.165, 1.54) is 37.7 Å². The highest BCUT2D eigenvalue weighted by molar-refractivity contribution is 9.10. The Morgan fingerprint density at radius 1 is 1.33 bits per heavy atom. The van der Waals surface area contributed by atoms with Crippen molar-refractivity contribution in [3.8, 4) is 5.75 Å². The Morgan fingerprint density at radius 2 is 2.11 bits per heavy atom. The minimum atomic E-state index is 0.221. The molecule has 0 aromatic heterocycles. The second-order valence-electron chi connectivity index (χ2n) is 5.74. The van der Waals surface area contributed by atoms with Crippen LogP contribution in [0.2, 0.25) is 0 Å². The van der Waals surface area contributed by atoms with Gasteiger partial charge in [-0.15, -0.1) is 0 Å². The van der Waals surface area contributed by atoms with Crippen LogP contribution in [0.3, 0.4) is 0 Å². The fraction of sp³-hybridized carbons (Fsp3) is 0.600. The number of rotatable bonds is 5. The van der Waals surface area contributed by atoms with Gasteiger partial charge in [0, 0.05) is 12.0 Å². The van der Waals surface area contributed by atoms with Crippen LogP contribution in [0.1, 0.15) is 37.7 Å². The number of hydrogen-bond acceptors (Lipinski definition) is 2. The fourth-order valence-electron chi connectivity index (χ4n) is 2.65. The van der Waals surface area contributed by atoms with Gasteiger partial charge in [0.05, 0.1) is 11.1 Å². The Kier molecular flexibility index (Phi) is 3.37. The van der Waals surface area contributed by atoms with E-state index in [1.54, 1.807) is 0 Å². The molecule has 2 N–H and O–H groups in total. The molecule has 1 aromatic carbocycles. The van der Waals surface area contributed by atoms with Crippen molar-refractivity contribution in [1.82, 2.24) is 0 Å². The lowest BCUT2D eigenvalue weighted by Crippen LogP contribution is -2.41. The van der Waals surface area contributed by atoms with Gasteiger partial charge in [0.25, 0.3) is 0 Å². The molecule has 0 aliphatic heterocycles. The minimum absolute atomic E-state index is 0.221.